The number of nitrogens with one attached hydrogen (secondary N) is 1. The predicted molar refractivity (Wildman–Crippen MR) is 105 cm³/mol. The standard InChI is InChI=1S/C21H23N5O/c1-16-4-3-5-18(14-16)15-23-20-7-6-19(24-25-20)21(27)26(2)13-10-17-8-11-22-12-9-17/h3-9,11-12,14H,10,13,15H2,1-2H3,(H,23,25). The van der Waals surface area contributed by atoms with Gasteiger partial charge >= 0.3 is 0 Å². The van der Waals surface area contributed by atoms with Crippen molar-refractivity contribution in [3.05, 3.63) is 83.3 Å². The zero-order valence-electron chi connectivity index (χ0n) is 15.6. The Balaban J connectivity index is 1.53. The number of hydrogen-bond donors (Lipinski definition) is 1. The Labute approximate surface area is 159 Å². The molecular weight excluding hydrogens is 338 g/mol. The van der Waals surface area contributed by atoms with E-state index in [0.29, 0.717) is 24.6 Å². The molecule has 0 aliphatic rings. The third kappa shape index (κ3) is 5.34. The first-order valence-electron chi connectivity index (χ1n) is 8.89. The van der Waals surface area contributed by atoms with Gasteiger partial charge in [0.15, 0.2) is 5.69 Å². The van der Waals surface area contributed by atoms with E-state index in [1.54, 1.807) is 36.5 Å². The maximum atomic E-state index is 12.5. The lowest BCUT2D eigenvalue weighted by atomic mass is 10.1. The number of rotatable bonds is 7. The van der Waals surface area contributed by atoms with Crippen LogP contribution >= 0.6 is 0 Å². The Kier molecular flexibility index (Phi) is 6.10. The number of hydrogen-bond acceptors (Lipinski definition) is 5. The van der Waals surface area contributed by atoms with Gasteiger partial charge < -0.3 is 10.2 Å². The van der Waals surface area contributed by atoms with Crippen LogP contribution in [0.1, 0.15) is 27.2 Å². The van der Waals surface area contributed by atoms with Crippen molar-refractivity contribution < 1.29 is 4.79 Å². The highest BCUT2D eigenvalue weighted by Gasteiger charge is 2.13. The molecular formula is C21H23N5O. The molecule has 3 rings (SSSR count). The molecule has 0 radical (unpaired) electrons. The van der Waals surface area contributed by atoms with E-state index in [-0.39, 0.29) is 5.91 Å². The normalized spacial score (nSPS) is 10.4. The number of anilines is 1. The molecule has 0 atom stereocenters. The highest BCUT2D eigenvalue weighted by molar-refractivity contribution is 5.92. The number of pyridine rings is 1. The Hall–Kier alpha value is -3.28. The topological polar surface area (TPSA) is 71.0 Å². The highest BCUT2D eigenvalue weighted by Crippen LogP contribution is 2.09. The van der Waals surface area contributed by atoms with Crippen molar-refractivity contribution in [1.29, 1.82) is 0 Å². The monoisotopic (exact) mass is 361 g/mol. The molecule has 0 saturated carbocycles. The maximum absolute atomic E-state index is 12.5. The quantitative estimate of drug-likeness (QED) is 0.700. The van der Waals surface area contributed by atoms with Gasteiger partial charge in [-0.05, 0) is 48.7 Å². The molecule has 0 bridgehead atoms. The first-order valence-corrected chi connectivity index (χ1v) is 8.89. The lowest BCUT2D eigenvalue weighted by Gasteiger charge is -2.16. The Morgan fingerprint density at radius 1 is 1.04 bits per heavy atom. The van der Waals surface area contributed by atoms with E-state index in [1.165, 1.54) is 11.1 Å². The molecule has 0 fully saturated rings. The van der Waals surface area contributed by atoms with Gasteiger partial charge in [-0.25, -0.2) is 0 Å². The molecule has 0 saturated heterocycles. The molecule has 1 aromatic carbocycles. The van der Waals surface area contributed by atoms with E-state index in [1.807, 2.05) is 18.2 Å². The number of benzene rings is 1. The SMILES string of the molecule is Cc1cccc(CNc2ccc(C(=O)N(C)CCc3ccncc3)nn2)c1. The number of likely N-dealkylation sites (N-methyl/N-ethyl adjacent to an activating group) is 1. The summed E-state index contributed by atoms with van der Waals surface area (Å²) in [6.07, 6.45) is 4.28. The molecule has 0 spiro atoms. The number of amides is 1. The van der Waals surface area contributed by atoms with Crippen LogP contribution in [0.4, 0.5) is 5.82 Å². The van der Waals surface area contributed by atoms with Crippen LogP contribution in [0, 0.1) is 6.92 Å². The summed E-state index contributed by atoms with van der Waals surface area (Å²) in [5.41, 5.74) is 3.88. The van der Waals surface area contributed by atoms with Gasteiger partial charge in [0.1, 0.15) is 5.82 Å². The molecule has 3 aromatic rings. The zero-order chi connectivity index (χ0) is 19.1. The summed E-state index contributed by atoms with van der Waals surface area (Å²) in [5, 5.41) is 11.4. The third-order valence-electron chi connectivity index (χ3n) is 4.27. The average molecular weight is 361 g/mol. The molecule has 0 unspecified atom stereocenters. The third-order valence-corrected chi connectivity index (χ3v) is 4.27. The number of carbonyl (C=O) groups excluding carboxylic acids is 1. The first-order chi connectivity index (χ1) is 13.1. The number of carbonyl (C=O) groups is 1. The van der Waals surface area contributed by atoms with Gasteiger partial charge in [-0.1, -0.05) is 29.8 Å². The summed E-state index contributed by atoms with van der Waals surface area (Å²) in [6.45, 7) is 3.34. The van der Waals surface area contributed by atoms with Gasteiger partial charge in [-0.3, -0.25) is 9.78 Å². The minimum absolute atomic E-state index is 0.137. The van der Waals surface area contributed by atoms with Gasteiger partial charge in [0.2, 0.25) is 0 Å². The lowest BCUT2D eigenvalue weighted by molar-refractivity contribution is 0.0789. The maximum Gasteiger partial charge on any atom is 0.274 e. The minimum atomic E-state index is -0.137. The van der Waals surface area contributed by atoms with E-state index < -0.39 is 0 Å². The van der Waals surface area contributed by atoms with E-state index in [4.69, 9.17) is 0 Å². The van der Waals surface area contributed by atoms with Crippen LogP contribution in [0.5, 0.6) is 0 Å². The molecule has 2 aromatic heterocycles. The molecule has 2 heterocycles. The summed E-state index contributed by atoms with van der Waals surface area (Å²) < 4.78 is 0. The number of aromatic nitrogens is 3. The van der Waals surface area contributed by atoms with Crippen LogP contribution in [0.25, 0.3) is 0 Å². The van der Waals surface area contributed by atoms with Crippen LogP contribution in [0.2, 0.25) is 0 Å². The average Bonchev–Trinajstić information content (AvgIpc) is 2.71. The Bertz CT molecular complexity index is 881. The fourth-order valence-corrected chi connectivity index (χ4v) is 2.70. The highest BCUT2D eigenvalue weighted by atomic mass is 16.2. The van der Waals surface area contributed by atoms with Crippen LogP contribution in [-0.4, -0.2) is 39.6 Å². The van der Waals surface area contributed by atoms with Gasteiger partial charge in [0.25, 0.3) is 5.91 Å². The van der Waals surface area contributed by atoms with Gasteiger partial charge in [-0.2, -0.15) is 0 Å². The van der Waals surface area contributed by atoms with Crippen LogP contribution < -0.4 is 5.32 Å². The number of aryl methyl sites for hydroxylation is 1. The van der Waals surface area contributed by atoms with E-state index in [0.717, 1.165) is 12.0 Å². The second-order valence-corrected chi connectivity index (χ2v) is 6.48. The van der Waals surface area contributed by atoms with E-state index in [2.05, 4.69) is 45.6 Å². The van der Waals surface area contributed by atoms with E-state index >= 15 is 0 Å². The molecule has 1 amide bonds. The van der Waals surface area contributed by atoms with Gasteiger partial charge in [0, 0.05) is 32.5 Å². The van der Waals surface area contributed by atoms with Crippen molar-refractivity contribution in [2.75, 3.05) is 18.9 Å². The predicted octanol–water partition coefficient (Wildman–Crippen LogP) is 3.11. The van der Waals surface area contributed by atoms with Gasteiger partial charge in [-0.15, -0.1) is 10.2 Å². The second-order valence-electron chi connectivity index (χ2n) is 6.48. The largest absolute Gasteiger partial charge is 0.365 e. The lowest BCUT2D eigenvalue weighted by Crippen LogP contribution is -2.29. The van der Waals surface area contributed by atoms with Crippen molar-refractivity contribution in [3.8, 4) is 0 Å². The molecule has 6 heteroatoms. The molecule has 138 valence electrons. The van der Waals surface area contributed by atoms with Crippen LogP contribution in [-0.2, 0) is 13.0 Å². The smallest absolute Gasteiger partial charge is 0.274 e. The Morgan fingerprint density at radius 3 is 2.56 bits per heavy atom. The van der Waals surface area contributed by atoms with Crippen molar-refractivity contribution in [1.82, 2.24) is 20.1 Å². The fourth-order valence-electron chi connectivity index (χ4n) is 2.70. The van der Waals surface area contributed by atoms with Crippen LogP contribution in [0.3, 0.4) is 0 Å². The van der Waals surface area contributed by atoms with E-state index in [9.17, 15) is 4.79 Å². The summed E-state index contributed by atoms with van der Waals surface area (Å²) in [7, 11) is 1.77. The minimum Gasteiger partial charge on any atom is -0.365 e. The van der Waals surface area contributed by atoms with Crippen LogP contribution in [0.15, 0.2) is 60.9 Å². The van der Waals surface area contributed by atoms with Crippen molar-refractivity contribution in [3.63, 3.8) is 0 Å². The summed E-state index contributed by atoms with van der Waals surface area (Å²) in [5.74, 6) is 0.509. The van der Waals surface area contributed by atoms with Crippen molar-refractivity contribution >= 4 is 11.7 Å². The summed E-state index contributed by atoms with van der Waals surface area (Å²) in [4.78, 5) is 18.1. The summed E-state index contributed by atoms with van der Waals surface area (Å²) >= 11 is 0. The molecule has 6 nitrogen and oxygen atoms in total. The molecule has 1 N–H and O–H groups in total. The van der Waals surface area contributed by atoms with Gasteiger partial charge in [0.05, 0.1) is 0 Å². The number of nitrogens with zero attached hydrogens (tertiary/aromatic N) is 4. The van der Waals surface area contributed by atoms with Crippen molar-refractivity contribution in [2.24, 2.45) is 0 Å². The summed E-state index contributed by atoms with van der Waals surface area (Å²) in [6, 6.07) is 15.7. The van der Waals surface area contributed by atoms with Crippen molar-refractivity contribution in [2.45, 2.75) is 19.9 Å². The first kappa shape index (κ1) is 18.5. The molecule has 0 aliphatic carbocycles. The second kappa shape index (κ2) is 8.89. The molecule has 27 heavy (non-hydrogen) atoms. The molecule has 0 aliphatic heterocycles. The zero-order valence-corrected chi connectivity index (χ0v) is 15.6. The fraction of sp³-hybridized carbons (Fsp3) is 0.238. The Morgan fingerprint density at radius 2 is 1.85 bits per heavy atom.